The molecule has 0 amide bonds. The number of Topliss-reactive ketones (excluding diaryl/α,β-unsaturated/α-hetero) is 1. The molecule has 0 saturated carbocycles. The fraction of sp³-hybridized carbons (Fsp3) is 0.629. The summed E-state index contributed by atoms with van der Waals surface area (Å²) in [5.74, 6) is 1.25. The Labute approximate surface area is 708 Å². The molecule has 118 heavy (non-hydrogen) atoms. The van der Waals surface area contributed by atoms with E-state index in [1.165, 1.54) is 0 Å². The van der Waals surface area contributed by atoms with E-state index in [1.54, 1.807) is 12.1 Å². The number of carbonyl (C=O) groups is 1. The number of imidazole rings is 2. The molecule has 4 aliphatic rings. The number of rotatable bonds is 42. The van der Waals surface area contributed by atoms with Crippen LogP contribution in [0, 0.1) is 23.5 Å². The van der Waals surface area contributed by atoms with Crippen LogP contribution >= 0.6 is 0 Å². The summed E-state index contributed by atoms with van der Waals surface area (Å²) in [7, 11) is -3.82. The molecule has 0 N–H and O–H groups in total. The van der Waals surface area contributed by atoms with Crippen LogP contribution in [0.15, 0.2) is 60.7 Å². The lowest BCUT2D eigenvalue weighted by Crippen LogP contribution is -2.53. The molecule has 12 rings (SSSR count). The Morgan fingerprint density at radius 3 is 1.12 bits per heavy atom. The second kappa shape index (κ2) is 38.6. The van der Waals surface area contributed by atoms with E-state index >= 15 is 13.6 Å². The Balaban J connectivity index is 0.778. The zero-order valence-electron chi connectivity index (χ0n) is 75.6. The number of benzene rings is 4. The van der Waals surface area contributed by atoms with Gasteiger partial charge in [-0.25, -0.2) is 28.1 Å². The molecule has 2 saturated heterocycles. The highest BCUT2D eigenvalue weighted by molar-refractivity contribution is 6.78. The first-order valence-corrected chi connectivity index (χ1v) is 65.9. The van der Waals surface area contributed by atoms with Gasteiger partial charge in [-0.1, -0.05) is 144 Å². The van der Waals surface area contributed by atoms with E-state index in [1.807, 2.05) is 21.5 Å². The van der Waals surface area contributed by atoms with E-state index in [4.69, 9.17) is 58.1 Å². The van der Waals surface area contributed by atoms with Crippen molar-refractivity contribution in [1.82, 2.24) is 58.3 Å². The van der Waals surface area contributed by atoms with E-state index in [2.05, 4.69) is 211 Å². The number of ether oxygens (including phenoxy) is 8. The molecule has 4 unspecified atom stereocenters. The van der Waals surface area contributed by atoms with Crippen molar-refractivity contribution in [3.05, 3.63) is 106 Å². The van der Waals surface area contributed by atoms with E-state index in [0.29, 0.717) is 97.9 Å². The highest BCUT2D eigenvalue weighted by Crippen LogP contribution is 2.43. The van der Waals surface area contributed by atoms with Crippen LogP contribution < -0.4 is 9.47 Å². The summed E-state index contributed by atoms with van der Waals surface area (Å²) in [6.07, 6.45) is 4.53. The van der Waals surface area contributed by atoms with Crippen molar-refractivity contribution >= 4 is 76.0 Å². The molecule has 29 heteroatoms. The van der Waals surface area contributed by atoms with Crippen molar-refractivity contribution in [1.29, 1.82) is 0 Å². The largest absolute Gasteiger partial charge is 0.464 e. The molecule has 21 nitrogen and oxygen atoms in total. The number of nitrogens with zero attached hydrogens (tertiary/aromatic N) is 12. The van der Waals surface area contributed by atoms with Gasteiger partial charge in [0.15, 0.2) is 48.4 Å². The maximum absolute atomic E-state index is 16.2. The van der Waals surface area contributed by atoms with Gasteiger partial charge in [-0.3, -0.25) is 24.4 Å². The Morgan fingerprint density at radius 2 is 0.780 bits per heavy atom. The van der Waals surface area contributed by atoms with E-state index in [-0.39, 0.29) is 62.7 Å². The summed E-state index contributed by atoms with van der Waals surface area (Å²) in [5, 5.41) is 12.7. The van der Waals surface area contributed by atoms with Gasteiger partial charge in [0.1, 0.15) is 44.1 Å². The number of carbonyl (C=O) groups excluding carboxylic acids is 1. The molecule has 0 radical (unpaired) electrons. The van der Waals surface area contributed by atoms with Gasteiger partial charge in [0, 0.05) is 150 Å². The number of fused-ring (bicyclic) bond motifs is 4. The monoisotopic (exact) mass is 1730 g/mol. The lowest BCUT2D eigenvalue weighted by molar-refractivity contribution is -0.134. The molecule has 648 valence electrons. The number of halogens is 2. The minimum Gasteiger partial charge on any atom is -0.464 e. The number of aromatic nitrogens is 8. The lowest BCUT2D eigenvalue weighted by atomic mass is 9.79. The molecule has 0 bridgehead atoms. The minimum atomic E-state index is -1.43. The molecule has 4 aliphatic heterocycles. The number of aryl methyl sites for hydroxylation is 2. The van der Waals surface area contributed by atoms with Gasteiger partial charge < -0.3 is 47.0 Å². The SMILES string of the molecule is CCc1cc(OCOCC[Si](C)(C)C)c(F)cc1-c1ccc2c(-c3nc4c(n3COCC[Si](C)(C)C)CN(C3CC(C(=O)C5CCN(C)C(N6Cc7nc(-c8nn(COCC[Si](C)(C)C)c9cc(-c%10cc(F)c(OCOCC[Si](C)(C)C)cc%10CC)ccc89)n(COCC[Si](C)(C)C)c7C6)C5)CCN3C)C4)nn(COCC[Si](C)(C)C)c2c1. The Bertz CT molecular complexity index is 4470. The van der Waals surface area contributed by atoms with Crippen molar-refractivity contribution in [3.63, 3.8) is 0 Å². The minimum absolute atomic E-state index is 0.00135. The number of hydrogen-bond acceptors (Lipinski definition) is 17. The van der Waals surface area contributed by atoms with Gasteiger partial charge in [0.05, 0.1) is 46.1 Å². The average Bonchev–Trinajstić information content (AvgIpc) is 1.59. The summed E-state index contributed by atoms with van der Waals surface area (Å²) in [4.78, 5) is 36.6. The lowest BCUT2D eigenvalue weighted by Gasteiger charge is -2.44. The summed E-state index contributed by atoms with van der Waals surface area (Å²) in [6.45, 7) is 55.6. The van der Waals surface area contributed by atoms with Gasteiger partial charge in [0.25, 0.3) is 0 Å². The van der Waals surface area contributed by atoms with Gasteiger partial charge >= 0.3 is 0 Å². The Hall–Kier alpha value is -5.73. The summed E-state index contributed by atoms with van der Waals surface area (Å²) in [5.41, 5.74) is 12.8. The van der Waals surface area contributed by atoms with Gasteiger partial charge in [-0.2, -0.15) is 10.2 Å². The molecule has 4 aromatic carbocycles. The van der Waals surface area contributed by atoms with E-state index in [0.717, 1.165) is 176 Å². The fourth-order valence-corrected chi connectivity index (χ4v) is 20.9. The van der Waals surface area contributed by atoms with Crippen LogP contribution in [-0.4, -0.2) is 205 Å². The quantitative estimate of drug-likeness (QED) is 0.0200. The third-order valence-corrected chi connectivity index (χ3v) is 34.3. The second-order valence-electron chi connectivity index (χ2n) is 41.2. The topological polar surface area (TPSA) is 175 Å². The molecule has 8 heterocycles. The van der Waals surface area contributed by atoms with Crippen molar-refractivity contribution in [2.24, 2.45) is 11.8 Å². The summed E-state index contributed by atoms with van der Waals surface area (Å²) >= 11 is 0. The third-order valence-electron chi connectivity index (χ3n) is 24.1. The number of likely N-dealkylation sites (tertiary alicyclic amines) is 2. The smallest absolute Gasteiger partial charge is 0.189 e. The molecule has 4 atom stereocenters. The number of ketones is 1. The molecular formula is C89H140F2N12O9Si6. The van der Waals surface area contributed by atoms with Gasteiger partial charge in [-0.05, 0) is 171 Å². The zero-order valence-corrected chi connectivity index (χ0v) is 81.6. The van der Waals surface area contributed by atoms with Crippen LogP contribution in [-0.2, 0) is 99.2 Å². The first-order chi connectivity index (χ1) is 55.7. The zero-order chi connectivity index (χ0) is 85.0. The fourth-order valence-electron chi connectivity index (χ4n) is 16.4. The van der Waals surface area contributed by atoms with Crippen molar-refractivity contribution in [2.45, 2.75) is 272 Å². The van der Waals surface area contributed by atoms with Crippen LogP contribution in [0.5, 0.6) is 11.5 Å². The molecule has 0 spiro atoms. The predicted molar refractivity (Wildman–Crippen MR) is 489 cm³/mol. The standard InChI is InChI=1S/C89H140F2N12O9Si6/c1-23-63-47-81(111-61-109-37-43-117(17,18)19)73(90)51-71(63)65-25-27-69-77(45-65)102(59-107-35-41-115(11,12)13)94-85(69)88-92-75-53-98(55-79(75)100(88)57-105-33-39-113(5,6)7)83-49-67(29-31-96(83)3)87(104)68-30-32-97(4)84(50-68)99-54-76-80(56-99)101(58-106-34-40-114(8,9)10)89(93-76)86-70-28-26-66(46-78(70)103(95-86)60-108-36-42-116(14,15)16)72-52-74(91)82(48-64(72)24-2)112-62-110-38-44-118(20,21)22/h25-28,45-48,51-52,67-68,83-84H,23-24,29-44,49-50,53-62H2,1-22H3. The van der Waals surface area contributed by atoms with Crippen LogP contribution in [0.25, 0.3) is 67.1 Å². The normalized spacial score (nSPS) is 18.4. The maximum atomic E-state index is 16.2. The average molecular weight is 1730 g/mol. The van der Waals surface area contributed by atoms with E-state index in [9.17, 15) is 0 Å². The van der Waals surface area contributed by atoms with Gasteiger partial charge in [-0.15, -0.1) is 0 Å². The van der Waals surface area contributed by atoms with Crippen molar-refractivity contribution in [3.8, 4) is 56.8 Å². The van der Waals surface area contributed by atoms with Crippen molar-refractivity contribution in [2.75, 3.05) is 80.4 Å². The predicted octanol–water partition coefficient (Wildman–Crippen LogP) is 19.7. The van der Waals surface area contributed by atoms with Crippen molar-refractivity contribution < 1.29 is 51.5 Å². The number of hydrogen-bond donors (Lipinski definition) is 0. The van der Waals surface area contributed by atoms with Crippen LogP contribution in [0.2, 0.25) is 154 Å². The molecule has 4 aromatic heterocycles. The second-order valence-corrected chi connectivity index (χ2v) is 74.9. The third kappa shape index (κ3) is 23.6. The summed E-state index contributed by atoms with van der Waals surface area (Å²) in [6, 6.07) is 25.6. The first kappa shape index (κ1) is 91.5. The van der Waals surface area contributed by atoms with Gasteiger partial charge in [0.2, 0.25) is 0 Å². The Kier molecular flexibility index (Phi) is 29.9. The van der Waals surface area contributed by atoms with Crippen LogP contribution in [0.4, 0.5) is 8.78 Å². The molecule has 0 aliphatic carbocycles. The molecular weight excluding hydrogens is 1590 g/mol. The Morgan fingerprint density at radius 1 is 0.441 bits per heavy atom. The highest BCUT2D eigenvalue weighted by Gasteiger charge is 2.44. The molecule has 8 aromatic rings. The first-order valence-electron chi connectivity index (χ1n) is 43.7. The summed E-state index contributed by atoms with van der Waals surface area (Å²) < 4.78 is 90.7. The number of piperidine rings is 2. The maximum Gasteiger partial charge on any atom is 0.189 e. The van der Waals surface area contributed by atoms with Crippen LogP contribution in [0.3, 0.4) is 0 Å². The highest BCUT2D eigenvalue weighted by atomic mass is 28.3. The van der Waals surface area contributed by atoms with E-state index < -0.39 is 60.1 Å². The molecule has 2 fully saturated rings. The van der Waals surface area contributed by atoms with Crippen LogP contribution in [0.1, 0.15) is 73.4 Å².